The van der Waals surface area contributed by atoms with Gasteiger partial charge in [0.05, 0.1) is 6.04 Å². The summed E-state index contributed by atoms with van der Waals surface area (Å²) in [5, 5.41) is 3.23. The molecule has 0 aromatic heterocycles. The van der Waals surface area contributed by atoms with Gasteiger partial charge in [-0.1, -0.05) is 55.5 Å². The minimum Gasteiger partial charge on any atom is -0.345 e. The second-order valence-corrected chi connectivity index (χ2v) is 8.02. The lowest BCUT2D eigenvalue weighted by molar-refractivity contribution is 0.0918. The molecule has 0 aliphatic carbocycles. The fourth-order valence-electron chi connectivity index (χ4n) is 4.16. The Bertz CT molecular complexity index is 1090. The van der Waals surface area contributed by atoms with Gasteiger partial charge in [0.1, 0.15) is 0 Å². The number of hydrogen-bond donors (Lipinski definition) is 1. The van der Waals surface area contributed by atoms with E-state index in [1.165, 1.54) is 0 Å². The molecule has 2 unspecified atom stereocenters. The van der Waals surface area contributed by atoms with Crippen LogP contribution >= 0.6 is 0 Å². The molecule has 2 atom stereocenters. The zero-order chi connectivity index (χ0) is 21.3. The molecule has 0 spiro atoms. The van der Waals surface area contributed by atoms with Crippen LogP contribution in [-0.2, 0) is 0 Å². The molecular formula is C26H26N2O2. The van der Waals surface area contributed by atoms with Gasteiger partial charge in [0.25, 0.3) is 11.8 Å². The molecule has 4 nitrogen and oxygen atoms in total. The van der Waals surface area contributed by atoms with Crippen LogP contribution in [0.4, 0.5) is 5.69 Å². The second-order valence-electron chi connectivity index (χ2n) is 8.02. The minimum atomic E-state index is -0.159. The van der Waals surface area contributed by atoms with E-state index in [9.17, 15) is 9.59 Å². The van der Waals surface area contributed by atoms with Crippen LogP contribution in [0, 0.1) is 19.8 Å². The van der Waals surface area contributed by atoms with Crippen LogP contribution in [0.2, 0.25) is 0 Å². The molecule has 1 N–H and O–H groups in total. The number of fused-ring (bicyclic) bond motifs is 1. The quantitative estimate of drug-likeness (QED) is 0.670. The topological polar surface area (TPSA) is 49.4 Å². The molecule has 3 aromatic carbocycles. The number of para-hydroxylation sites is 1. The summed E-state index contributed by atoms with van der Waals surface area (Å²) in [5.74, 6) is -0.0264. The zero-order valence-corrected chi connectivity index (χ0v) is 17.6. The summed E-state index contributed by atoms with van der Waals surface area (Å²) in [6.45, 7) is 6.61. The van der Waals surface area contributed by atoms with Crippen LogP contribution < -0.4 is 10.2 Å². The third kappa shape index (κ3) is 3.61. The number of nitrogens with one attached hydrogen (secondary N) is 1. The Labute approximate surface area is 177 Å². The minimum absolute atomic E-state index is 0.0193. The molecule has 1 aliphatic heterocycles. The molecule has 0 saturated heterocycles. The molecule has 30 heavy (non-hydrogen) atoms. The molecule has 0 bridgehead atoms. The average Bonchev–Trinajstić information content (AvgIpc) is 2.77. The smallest absolute Gasteiger partial charge is 0.258 e. The van der Waals surface area contributed by atoms with E-state index in [4.69, 9.17) is 0 Å². The van der Waals surface area contributed by atoms with Crippen molar-refractivity contribution in [3.63, 3.8) is 0 Å². The lowest BCUT2D eigenvalue weighted by Gasteiger charge is -2.39. The summed E-state index contributed by atoms with van der Waals surface area (Å²) in [5.41, 5.74) is 5.28. The summed E-state index contributed by atoms with van der Waals surface area (Å²) in [7, 11) is 0. The molecule has 4 heteroatoms. The number of benzene rings is 3. The Morgan fingerprint density at radius 1 is 0.900 bits per heavy atom. The van der Waals surface area contributed by atoms with Crippen molar-refractivity contribution >= 4 is 17.5 Å². The van der Waals surface area contributed by atoms with E-state index >= 15 is 0 Å². The molecule has 2 amide bonds. The van der Waals surface area contributed by atoms with Crippen molar-refractivity contribution in [2.24, 2.45) is 5.92 Å². The monoisotopic (exact) mass is 398 g/mol. The molecule has 0 radical (unpaired) electrons. The van der Waals surface area contributed by atoms with Crippen molar-refractivity contribution < 1.29 is 9.59 Å². The number of hydrogen-bond acceptors (Lipinski definition) is 2. The van der Waals surface area contributed by atoms with Crippen molar-refractivity contribution in [1.82, 2.24) is 5.32 Å². The van der Waals surface area contributed by atoms with Gasteiger partial charge in [-0.2, -0.15) is 0 Å². The number of carbonyl (C=O) groups is 2. The highest BCUT2D eigenvalue weighted by molar-refractivity contribution is 6.07. The first-order chi connectivity index (χ1) is 14.5. The molecule has 1 aliphatic rings. The summed E-state index contributed by atoms with van der Waals surface area (Å²) in [4.78, 5) is 28.1. The molecule has 3 aromatic rings. The maximum atomic E-state index is 13.2. The predicted octanol–water partition coefficient (Wildman–Crippen LogP) is 5.07. The van der Waals surface area contributed by atoms with Crippen molar-refractivity contribution in [1.29, 1.82) is 0 Å². The summed E-state index contributed by atoms with van der Waals surface area (Å²) >= 11 is 0. The Balaban J connectivity index is 1.66. The van der Waals surface area contributed by atoms with Gasteiger partial charge in [0.2, 0.25) is 0 Å². The first kappa shape index (κ1) is 19.9. The largest absolute Gasteiger partial charge is 0.345 e. The van der Waals surface area contributed by atoms with Crippen molar-refractivity contribution in [3.05, 3.63) is 101 Å². The van der Waals surface area contributed by atoms with Crippen LogP contribution in [0.15, 0.2) is 72.8 Å². The number of rotatable bonds is 3. The normalized spacial score (nSPS) is 17.9. The first-order valence-electron chi connectivity index (χ1n) is 10.3. The van der Waals surface area contributed by atoms with Crippen LogP contribution in [0.1, 0.15) is 50.4 Å². The number of amides is 2. The Hall–Kier alpha value is -3.40. The van der Waals surface area contributed by atoms with E-state index in [2.05, 4.69) is 12.2 Å². The van der Waals surface area contributed by atoms with E-state index in [1.54, 1.807) is 0 Å². The highest BCUT2D eigenvalue weighted by Crippen LogP contribution is 2.38. The van der Waals surface area contributed by atoms with Gasteiger partial charge in [-0.15, -0.1) is 0 Å². The molecule has 4 rings (SSSR count). The van der Waals surface area contributed by atoms with E-state index in [0.29, 0.717) is 17.7 Å². The summed E-state index contributed by atoms with van der Waals surface area (Å²) in [6, 6.07) is 22.8. The second kappa shape index (κ2) is 8.15. The fourth-order valence-corrected chi connectivity index (χ4v) is 4.16. The maximum absolute atomic E-state index is 13.2. The van der Waals surface area contributed by atoms with E-state index in [0.717, 1.165) is 22.4 Å². The van der Waals surface area contributed by atoms with Gasteiger partial charge in [-0.25, -0.2) is 0 Å². The Morgan fingerprint density at radius 3 is 2.37 bits per heavy atom. The van der Waals surface area contributed by atoms with E-state index in [-0.39, 0.29) is 23.8 Å². The Kier molecular flexibility index (Phi) is 5.40. The van der Waals surface area contributed by atoms with Gasteiger partial charge in [-0.05, 0) is 60.7 Å². The van der Waals surface area contributed by atoms with Crippen molar-refractivity contribution in [3.8, 4) is 0 Å². The van der Waals surface area contributed by atoms with Crippen LogP contribution in [0.3, 0.4) is 0 Å². The number of anilines is 1. The third-order valence-corrected chi connectivity index (χ3v) is 6.00. The van der Waals surface area contributed by atoms with Crippen molar-refractivity contribution in [2.75, 3.05) is 11.4 Å². The lowest BCUT2D eigenvalue weighted by Crippen LogP contribution is -2.45. The molecular weight excluding hydrogens is 372 g/mol. The standard InChI is InChI=1S/C26H26N2O2/c1-17-10-9-14-21(19(17)3)25(29)27-24-18(2)16-28(23-15-8-7-13-22(23)24)26(30)20-11-5-4-6-12-20/h4-15,18,24H,16H2,1-3H3,(H,27,29). The zero-order valence-electron chi connectivity index (χ0n) is 17.6. The van der Waals surface area contributed by atoms with E-state index < -0.39 is 0 Å². The highest BCUT2D eigenvalue weighted by atomic mass is 16.2. The molecule has 0 fully saturated rings. The third-order valence-electron chi connectivity index (χ3n) is 6.00. The van der Waals surface area contributed by atoms with Gasteiger partial charge in [0, 0.05) is 23.4 Å². The lowest BCUT2D eigenvalue weighted by atomic mass is 9.87. The fraction of sp³-hybridized carbons (Fsp3) is 0.231. The number of carbonyl (C=O) groups excluding carboxylic acids is 2. The van der Waals surface area contributed by atoms with Gasteiger partial charge < -0.3 is 10.2 Å². The molecule has 152 valence electrons. The highest BCUT2D eigenvalue weighted by Gasteiger charge is 2.35. The van der Waals surface area contributed by atoms with Crippen molar-refractivity contribution in [2.45, 2.75) is 26.8 Å². The van der Waals surface area contributed by atoms with Crippen LogP contribution in [0.5, 0.6) is 0 Å². The van der Waals surface area contributed by atoms with Gasteiger partial charge >= 0.3 is 0 Å². The number of aryl methyl sites for hydroxylation is 1. The van der Waals surface area contributed by atoms with E-state index in [1.807, 2.05) is 91.5 Å². The predicted molar refractivity (Wildman–Crippen MR) is 120 cm³/mol. The maximum Gasteiger partial charge on any atom is 0.258 e. The summed E-state index contributed by atoms with van der Waals surface area (Å²) in [6.07, 6.45) is 0. The van der Waals surface area contributed by atoms with Gasteiger partial charge in [0.15, 0.2) is 0 Å². The van der Waals surface area contributed by atoms with Gasteiger partial charge in [-0.3, -0.25) is 9.59 Å². The summed E-state index contributed by atoms with van der Waals surface area (Å²) < 4.78 is 0. The number of nitrogens with zero attached hydrogens (tertiary/aromatic N) is 1. The SMILES string of the molecule is Cc1cccc(C(=O)NC2c3ccccc3N(C(=O)c3ccccc3)CC2C)c1C. The van der Waals surface area contributed by atoms with Crippen LogP contribution in [0.25, 0.3) is 0 Å². The Morgan fingerprint density at radius 2 is 1.60 bits per heavy atom. The van der Waals surface area contributed by atoms with Crippen LogP contribution in [-0.4, -0.2) is 18.4 Å². The molecule has 0 saturated carbocycles. The molecule has 1 heterocycles. The average molecular weight is 399 g/mol. The first-order valence-corrected chi connectivity index (χ1v) is 10.3.